The van der Waals surface area contributed by atoms with Crippen LogP contribution in [0.1, 0.15) is 17.5 Å². The van der Waals surface area contributed by atoms with Crippen molar-refractivity contribution in [2.45, 2.75) is 13.3 Å². The summed E-state index contributed by atoms with van der Waals surface area (Å²) in [4.78, 5) is 15.7. The van der Waals surface area contributed by atoms with Crippen molar-refractivity contribution in [1.82, 2.24) is 4.98 Å². The van der Waals surface area contributed by atoms with Gasteiger partial charge in [0.2, 0.25) is 11.8 Å². The number of aromatic nitrogens is 1. The van der Waals surface area contributed by atoms with Gasteiger partial charge in [-0.3, -0.25) is 4.79 Å². The van der Waals surface area contributed by atoms with Crippen LogP contribution in [-0.4, -0.2) is 16.6 Å². The minimum absolute atomic E-state index is 0.108. The van der Waals surface area contributed by atoms with Gasteiger partial charge in [-0.05, 0) is 30.4 Å². The third-order valence-electron chi connectivity index (χ3n) is 2.92. The molecule has 6 heteroatoms. The zero-order valence-corrected chi connectivity index (χ0v) is 12.9. The summed E-state index contributed by atoms with van der Waals surface area (Å²) in [6, 6.07) is 10.7. The molecule has 0 unspecified atom stereocenters. The van der Waals surface area contributed by atoms with E-state index in [0.717, 1.165) is 5.56 Å². The number of para-hydroxylation sites is 1. The Hall–Kier alpha value is -2.52. The van der Waals surface area contributed by atoms with Crippen molar-refractivity contribution >= 4 is 24.2 Å². The number of thiol groups is 1. The molecule has 1 aromatic heterocycles. The Bertz CT molecular complexity index is 726. The standard InChI is InChI=1S/C16H15N3O2S/c1-11-8-16(18-10-13(11)19-15(20)6-7-22)21-14-5-3-2-4-12(14)9-17/h2-5,8,10,22H,6-7H2,1H3,(H,19,20). The largest absolute Gasteiger partial charge is 0.438 e. The summed E-state index contributed by atoms with van der Waals surface area (Å²) >= 11 is 4.02. The van der Waals surface area contributed by atoms with Gasteiger partial charge in [-0.1, -0.05) is 12.1 Å². The van der Waals surface area contributed by atoms with Crippen LogP contribution < -0.4 is 10.1 Å². The second-order valence-electron chi connectivity index (χ2n) is 4.57. The van der Waals surface area contributed by atoms with E-state index < -0.39 is 0 Å². The van der Waals surface area contributed by atoms with E-state index in [1.54, 1.807) is 30.3 Å². The molecule has 0 saturated heterocycles. The number of nitriles is 1. The maximum absolute atomic E-state index is 11.6. The lowest BCUT2D eigenvalue weighted by atomic mass is 10.2. The van der Waals surface area contributed by atoms with E-state index >= 15 is 0 Å². The third kappa shape index (κ3) is 3.99. The molecule has 1 aromatic carbocycles. The zero-order valence-electron chi connectivity index (χ0n) is 12.0. The molecule has 0 aliphatic rings. The number of pyridine rings is 1. The van der Waals surface area contributed by atoms with E-state index in [0.29, 0.717) is 35.1 Å². The molecule has 1 amide bonds. The summed E-state index contributed by atoms with van der Waals surface area (Å²) < 4.78 is 5.63. The van der Waals surface area contributed by atoms with E-state index in [1.807, 2.05) is 6.92 Å². The highest BCUT2D eigenvalue weighted by molar-refractivity contribution is 7.80. The fraction of sp³-hybridized carbons (Fsp3) is 0.188. The Morgan fingerprint density at radius 1 is 1.45 bits per heavy atom. The first-order chi connectivity index (χ1) is 10.6. The van der Waals surface area contributed by atoms with Crippen LogP contribution in [0, 0.1) is 18.3 Å². The van der Waals surface area contributed by atoms with Gasteiger partial charge in [-0.15, -0.1) is 0 Å². The van der Waals surface area contributed by atoms with Gasteiger partial charge in [0.05, 0.1) is 17.4 Å². The van der Waals surface area contributed by atoms with Crippen LogP contribution >= 0.6 is 12.6 Å². The predicted octanol–water partition coefficient (Wildman–Crippen LogP) is 3.31. The van der Waals surface area contributed by atoms with Crippen molar-refractivity contribution in [3.63, 3.8) is 0 Å². The molecule has 1 heterocycles. The number of hydrogen-bond acceptors (Lipinski definition) is 5. The van der Waals surface area contributed by atoms with Crippen molar-refractivity contribution in [1.29, 1.82) is 5.26 Å². The van der Waals surface area contributed by atoms with Gasteiger partial charge in [0.15, 0.2) is 0 Å². The number of carbonyl (C=O) groups excluding carboxylic acids is 1. The second kappa shape index (κ2) is 7.48. The molecule has 112 valence electrons. The Balaban J connectivity index is 2.16. The highest BCUT2D eigenvalue weighted by Gasteiger charge is 2.08. The minimum Gasteiger partial charge on any atom is -0.438 e. The molecule has 0 radical (unpaired) electrons. The Kier molecular flexibility index (Phi) is 5.39. The number of anilines is 1. The lowest BCUT2D eigenvalue weighted by Gasteiger charge is -2.10. The van der Waals surface area contributed by atoms with Crippen molar-refractivity contribution in [3.8, 4) is 17.7 Å². The van der Waals surface area contributed by atoms with Crippen LogP contribution in [0.3, 0.4) is 0 Å². The van der Waals surface area contributed by atoms with Gasteiger partial charge in [-0.2, -0.15) is 17.9 Å². The van der Waals surface area contributed by atoms with Gasteiger partial charge in [0.25, 0.3) is 0 Å². The third-order valence-corrected chi connectivity index (χ3v) is 3.14. The molecule has 0 atom stereocenters. The lowest BCUT2D eigenvalue weighted by molar-refractivity contribution is -0.115. The maximum Gasteiger partial charge on any atom is 0.225 e. The fourth-order valence-electron chi connectivity index (χ4n) is 1.79. The highest BCUT2D eigenvalue weighted by atomic mass is 32.1. The number of rotatable bonds is 5. The summed E-state index contributed by atoms with van der Waals surface area (Å²) in [6.07, 6.45) is 1.88. The molecule has 2 rings (SSSR count). The van der Waals surface area contributed by atoms with Crippen molar-refractivity contribution in [2.75, 3.05) is 11.1 Å². The van der Waals surface area contributed by atoms with Gasteiger partial charge in [-0.25, -0.2) is 4.98 Å². The highest BCUT2D eigenvalue weighted by Crippen LogP contribution is 2.25. The predicted molar refractivity (Wildman–Crippen MR) is 87.3 cm³/mol. The monoisotopic (exact) mass is 313 g/mol. The number of nitrogens with zero attached hydrogens (tertiary/aromatic N) is 2. The number of hydrogen-bond donors (Lipinski definition) is 2. The van der Waals surface area contributed by atoms with E-state index in [1.165, 1.54) is 6.20 Å². The van der Waals surface area contributed by atoms with Crippen LogP contribution in [-0.2, 0) is 4.79 Å². The minimum atomic E-state index is -0.108. The van der Waals surface area contributed by atoms with E-state index in [4.69, 9.17) is 10.00 Å². The molecule has 0 fully saturated rings. The zero-order chi connectivity index (χ0) is 15.9. The number of amides is 1. The number of carbonyl (C=O) groups is 1. The van der Waals surface area contributed by atoms with Gasteiger partial charge in [0.1, 0.15) is 11.8 Å². The first-order valence-corrected chi connectivity index (χ1v) is 7.31. The number of nitrogens with one attached hydrogen (secondary N) is 1. The molecule has 22 heavy (non-hydrogen) atoms. The Morgan fingerprint density at radius 2 is 2.23 bits per heavy atom. The SMILES string of the molecule is Cc1cc(Oc2ccccc2C#N)ncc1NC(=O)CCS. The van der Waals surface area contributed by atoms with Crippen LogP contribution in [0.15, 0.2) is 36.5 Å². The molecule has 1 N–H and O–H groups in total. The number of benzene rings is 1. The van der Waals surface area contributed by atoms with Crippen LogP contribution in [0.25, 0.3) is 0 Å². The first kappa shape index (κ1) is 15.9. The van der Waals surface area contributed by atoms with Crippen molar-refractivity contribution in [3.05, 3.63) is 47.7 Å². The Labute approximate surface area is 134 Å². The average molecular weight is 313 g/mol. The molecule has 0 bridgehead atoms. The summed E-state index contributed by atoms with van der Waals surface area (Å²) in [5.74, 6) is 1.20. The summed E-state index contributed by atoms with van der Waals surface area (Å²) in [5.41, 5.74) is 1.90. The molecule has 2 aromatic rings. The maximum atomic E-state index is 11.6. The van der Waals surface area contributed by atoms with Crippen LogP contribution in [0.4, 0.5) is 5.69 Å². The van der Waals surface area contributed by atoms with E-state index in [2.05, 4.69) is 29.0 Å². The molecular weight excluding hydrogens is 298 g/mol. The molecule has 0 saturated carbocycles. The van der Waals surface area contributed by atoms with Crippen molar-refractivity contribution in [2.24, 2.45) is 0 Å². The average Bonchev–Trinajstić information content (AvgIpc) is 2.51. The van der Waals surface area contributed by atoms with E-state index in [9.17, 15) is 4.79 Å². The topological polar surface area (TPSA) is 75.0 Å². The summed E-state index contributed by atoms with van der Waals surface area (Å²) in [5, 5.41) is 11.8. The summed E-state index contributed by atoms with van der Waals surface area (Å²) in [7, 11) is 0. The van der Waals surface area contributed by atoms with Gasteiger partial charge >= 0.3 is 0 Å². The van der Waals surface area contributed by atoms with Gasteiger partial charge in [0, 0.05) is 12.5 Å². The second-order valence-corrected chi connectivity index (χ2v) is 5.02. The quantitative estimate of drug-likeness (QED) is 0.830. The summed E-state index contributed by atoms with van der Waals surface area (Å²) in [6.45, 7) is 1.85. The van der Waals surface area contributed by atoms with Crippen LogP contribution in [0.5, 0.6) is 11.6 Å². The molecular formula is C16H15N3O2S. The fourth-order valence-corrected chi connectivity index (χ4v) is 1.99. The van der Waals surface area contributed by atoms with Gasteiger partial charge < -0.3 is 10.1 Å². The molecule has 5 nitrogen and oxygen atoms in total. The molecule has 0 spiro atoms. The van der Waals surface area contributed by atoms with Crippen molar-refractivity contribution < 1.29 is 9.53 Å². The number of ether oxygens (including phenoxy) is 1. The number of aryl methyl sites for hydroxylation is 1. The Morgan fingerprint density at radius 3 is 2.91 bits per heavy atom. The lowest BCUT2D eigenvalue weighted by Crippen LogP contribution is -2.12. The van der Waals surface area contributed by atoms with E-state index in [-0.39, 0.29) is 5.91 Å². The molecule has 0 aliphatic carbocycles. The van der Waals surface area contributed by atoms with Crippen LogP contribution in [0.2, 0.25) is 0 Å². The molecule has 0 aliphatic heterocycles. The smallest absolute Gasteiger partial charge is 0.225 e. The first-order valence-electron chi connectivity index (χ1n) is 6.68. The normalized spacial score (nSPS) is 9.86.